The Hall–Kier alpha value is -2.51. The van der Waals surface area contributed by atoms with Gasteiger partial charge in [0.2, 0.25) is 11.0 Å². The van der Waals surface area contributed by atoms with Crippen LogP contribution in [0.2, 0.25) is 0 Å². The molecule has 5 nitrogen and oxygen atoms in total. The van der Waals surface area contributed by atoms with Gasteiger partial charge in [-0.2, -0.15) is 0 Å². The van der Waals surface area contributed by atoms with Crippen LogP contribution < -0.4 is 4.90 Å². The van der Waals surface area contributed by atoms with Gasteiger partial charge in [0.1, 0.15) is 0 Å². The summed E-state index contributed by atoms with van der Waals surface area (Å²) < 4.78 is 0. The van der Waals surface area contributed by atoms with Crippen molar-refractivity contribution in [1.82, 2.24) is 15.1 Å². The molecule has 1 saturated heterocycles. The maximum atomic E-state index is 12.5. The van der Waals surface area contributed by atoms with Gasteiger partial charge < -0.3 is 9.80 Å². The molecule has 1 fully saturated rings. The van der Waals surface area contributed by atoms with E-state index in [1.165, 1.54) is 5.56 Å². The van der Waals surface area contributed by atoms with Crippen molar-refractivity contribution >= 4 is 39.8 Å². The van der Waals surface area contributed by atoms with E-state index in [4.69, 9.17) is 0 Å². The van der Waals surface area contributed by atoms with E-state index < -0.39 is 0 Å². The Bertz CT molecular complexity index is 969. The summed E-state index contributed by atoms with van der Waals surface area (Å²) in [7, 11) is 0. The fourth-order valence-electron chi connectivity index (χ4n) is 3.23. The summed E-state index contributed by atoms with van der Waals surface area (Å²) in [5.74, 6) is 0.578. The number of aromatic nitrogens is 2. The van der Waals surface area contributed by atoms with Crippen LogP contribution in [0.4, 0.5) is 5.13 Å². The number of carbonyl (C=O) groups is 1. The largest absolute Gasteiger partial charge is 0.343 e. The first kappa shape index (κ1) is 19.8. The third kappa shape index (κ3) is 4.74. The third-order valence-electron chi connectivity index (χ3n) is 5.03. The molecule has 0 N–H and O–H groups in total. The number of amides is 1. The molecular weight excluding hydrogens is 400 g/mol. The monoisotopic (exact) mass is 424 g/mol. The van der Waals surface area contributed by atoms with Crippen molar-refractivity contribution in [2.75, 3.05) is 31.1 Å². The number of benzene rings is 1. The third-order valence-corrected chi connectivity index (χ3v) is 7.05. The Morgan fingerprint density at radius 3 is 2.48 bits per heavy atom. The SMILES string of the molecule is CC(C)c1ccc(/C=C/C(=O)N2CCN(c3nnc(-c4cccs4)s3)CC2)cc1. The highest BCUT2D eigenvalue weighted by atomic mass is 32.1. The number of piperazine rings is 1. The van der Waals surface area contributed by atoms with Crippen LogP contribution in [0, 0.1) is 0 Å². The van der Waals surface area contributed by atoms with E-state index in [0.717, 1.165) is 33.7 Å². The maximum Gasteiger partial charge on any atom is 0.246 e. The van der Waals surface area contributed by atoms with Crippen molar-refractivity contribution in [2.45, 2.75) is 19.8 Å². The quantitative estimate of drug-likeness (QED) is 0.555. The fraction of sp³-hybridized carbons (Fsp3) is 0.318. The second kappa shape index (κ2) is 8.88. The van der Waals surface area contributed by atoms with Crippen LogP contribution in [0.5, 0.6) is 0 Å². The Kier molecular flexibility index (Phi) is 6.06. The highest BCUT2D eigenvalue weighted by Gasteiger charge is 2.22. The molecule has 0 atom stereocenters. The summed E-state index contributed by atoms with van der Waals surface area (Å²) in [6, 6.07) is 12.5. The number of hydrogen-bond donors (Lipinski definition) is 0. The molecule has 1 aromatic carbocycles. The minimum absolute atomic E-state index is 0.0640. The molecule has 150 valence electrons. The first-order chi connectivity index (χ1) is 14.1. The van der Waals surface area contributed by atoms with Crippen LogP contribution in [-0.2, 0) is 4.79 Å². The first-order valence-corrected chi connectivity index (χ1v) is 11.5. The van der Waals surface area contributed by atoms with Gasteiger partial charge in [-0.25, -0.2) is 0 Å². The van der Waals surface area contributed by atoms with Gasteiger partial charge in [0, 0.05) is 32.3 Å². The van der Waals surface area contributed by atoms with Crippen molar-refractivity contribution in [3.05, 3.63) is 59.0 Å². The van der Waals surface area contributed by atoms with E-state index in [1.54, 1.807) is 28.7 Å². The van der Waals surface area contributed by atoms with Gasteiger partial charge >= 0.3 is 0 Å². The molecule has 1 amide bonds. The molecule has 0 aliphatic carbocycles. The Morgan fingerprint density at radius 1 is 1.07 bits per heavy atom. The van der Waals surface area contributed by atoms with Gasteiger partial charge in [-0.1, -0.05) is 55.5 Å². The zero-order valence-electron chi connectivity index (χ0n) is 16.6. The topological polar surface area (TPSA) is 49.3 Å². The first-order valence-electron chi connectivity index (χ1n) is 9.79. The molecule has 3 aromatic rings. The van der Waals surface area contributed by atoms with Gasteiger partial charge in [-0.3, -0.25) is 4.79 Å². The zero-order valence-corrected chi connectivity index (χ0v) is 18.2. The van der Waals surface area contributed by atoms with Gasteiger partial charge in [0.15, 0.2) is 5.01 Å². The van der Waals surface area contributed by atoms with Crippen molar-refractivity contribution in [3.8, 4) is 9.88 Å². The predicted molar refractivity (Wildman–Crippen MR) is 122 cm³/mol. The lowest BCUT2D eigenvalue weighted by Crippen LogP contribution is -2.48. The molecule has 1 aliphatic heterocycles. The number of hydrogen-bond acceptors (Lipinski definition) is 6. The molecule has 0 saturated carbocycles. The Labute approximate surface area is 179 Å². The van der Waals surface area contributed by atoms with Gasteiger partial charge in [0.05, 0.1) is 4.88 Å². The van der Waals surface area contributed by atoms with Gasteiger partial charge in [-0.15, -0.1) is 21.5 Å². The highest BCUT2D eigenvalue weighted by Crippen LogP contribution is 2.31. The lowest BCUT2D eigenvalue weighted by Gasteiger charge is -2.33. The van der Waals surface area contributed by atoms with Crippen molar-refractivity contribution in [2.24, 2.45) is 0 Å². The van der Waals surface area contributed by atoms with Gasteiger partial charge in [-0.05, 0) is 34.6 Å². The average Bonchev–Trinajstić information content (AvgIpc) is 3.44. The second-order valence-corrected chi connectivity index (χ2v) is 9.24. The summed E-state index contributed by atoms with van der Waals surface area (Å²) in [6.07, 6.45) is 3.58. The van der Waals surface area contributed by atoms with E-state index in [1.807, 2.05) is 22.4 Å². The van der Waals surface area contributed by atoms with Crippen LogP contribution >= 0.6 is 22.7 Å². The van der Waals surface area contributed by atoms with Crippen LogP contribution in [0.1, 0.15) is 30.9 Å². The summed E-state index contributed by atoms with van der Waals surface area (Å²) >= 11 is 3.29. The van der Waals surface area contributed by atoms with Crippen LogP contribution in [0.3, 0.4) is 0 Å². The smallest absolute Gasteiger partial charge is 0.246 e. The average molecular weight is 425 g/mol. The molecule has 0 spiro atoms. The minimum atomic E-state index is 0.0640. The van der Waals surface area contributed by atoms with Crippen molar-refractivity contribution in [1.29, 1.82) is 0 Å². The maximum absolute atomic E-state index is 12.5. The summed E-state index contributed by atoms with van der Waals surface area (Å²) in [6.45, 7) is 7.31. The molecule has 2 aromatic heterocycles. The predicted octanol–water partition coefficient (Wildman–Crippen LogP) is 4.75. The molecule has 1 aliphatic rings. The molecule has 0 radical (unpaired) electrons. The lowest BCUT2D eigenvalue weighted by molar-refractivity contribution is -0.126. The molecule has 0 bridgehead atoms. The van der Waals surface area contributed by atoms with Crippen molar-refractivity contribution < 1.29 is 4.79 Å². The van der Waals surface area contributed by atoms with Crippen molar-refractivity contribution in [3.63, 3.8) is 0 Å². The summed E-state index contributed by atoms with van der Waals surface area (Å²) in [4.78, 5) is 17.8. The van der Waals surface area contributed by atoms with E-state index in [-0.39, 0.29) is 5.91 Å². The zero-order chi connectivity index (χ0) is 20.2. The number of thiophene rings is 1. The van der Waals surface area contributed by atoms with E-state index in [9.17, 15) is 4.79 Å². The number of rotatable bonds is 5. The van der Waals surface area contributed by atoms with Crippen LogP contribution in [0.25, 0.3) is 16.0 Å². The molecule has 0 unspecified atom stereocenters. The minimum Gasteiger partial charge on any atom is -0.343 e. The van der Waals surface area contributed by atoms with Crippen LogP contribution in [-0.4, -0.2) is 47.2 Å². The summed E-state index contributed by atoms with van der Waals surface area (Å²) in [5.41, 5.74) is 2.36. The van der Waals surface area contributed by atoms with Gasteiger partial charge in [0.25, 0.3) is 0 Å². The number of nitrogens with zero attached hydrogens (tertiary/aromatic N) is 4. The normalized spacial score (nSPS) is 14.9. The molecule has 29 heavy (non-hydrogen) atoms. The van der Waals surface area contributed by atoms with E-state index >= 15 is 0 Å². The fourth-order valence-corrected chi connectivity index (χ4v) is 4.91. The highest BCUT2D eigenvalue weighted by molar-refractivity contribution is 7.22. The standard InChI is InChI=1S/C22H24N4OS2/c1-16(2)18-8-5-17(6-9-18)7-10-20(27)25-11-13-26(14-12-25)22-24-23-21(29-22)19-4-3-15-28-19/h3-10,15-16H,11-14H2,1-2H3/b10-7+. The molecule has 7 heteroatoms. The lowest BCUT2D eigenvalue weighted by atomic mass is 10.0. The molecule has 4 rings (SSSR count). The number of carbonyl (C=O) groups excluding carboxylic acids is 1. The number of anilines is 1. The Balaban J connectivity index is 1.31. The molecule has 3 heterocycles. The summed E-state index contributed by atoms with van der Waals surface area (Å²) in [5, 5.41) is 12.6. The second-order valence-electron chi connectivity index (χ2n) is 7.33. The van der Waals surface area contributed by atoms with E-state index in [0.29, 0.717) is 19.0 Å². The van der Waals surface area contributed by atoms with Crippen LogP contribution in [0.15, 0.2) is 47.9 Å². The van der Waals surface area contributed by atoms with E-state index in [2.05, 4.69) is 59.3 Å². The Morgan fingerprint density at radius 2 is 1.83 bits per heavy atom. The molecular formula is C22H24N4OS2.